The molecule has 0 aromatic heterocycles. The predicted octanol–water partition coefficient (Wildman–Crippen LogP) is 4.28. The lowest BCUT2D eigenvalue weighted by atomic mass is 10.0. The third kappa shape index (κ3) is 7.24. The van der Waals surface area contributed by atoms with Gasteiger partial charge in [0.25, 0.3) is 0 Å². The molecule has 0 aliphatic heterocycles. The Kier molecular flexibility index (Phi) is 8.07. The highest BCUT2D eigenvalue weighted by atomic mass is 19.4. The number of alkyl halides is 6. The number of unbranched alkanes of at least 4 members (excludes halogenated alkanes) is 1. The van der Waals surface area contributed by atoms with Crippen molar-refractivity contribution in [3.8, 4) is 0 Å². The first kappa shape index (κ1) is 23.5. The molecule has 4 nitrogen and oxygen atoms in total. The molecule has 0 unspecified atom stereocenters. The molecule has 156 valence electrons. The van der Waals surface area contributed by atoms with Gasteiger partial charge in [-0.3, -0.25) is 4.79 Å². The van der Waals surface area contributed by atoms with E-state index in [-0.39, 0.29) is 12.5 Å². The molecule has 0 aliphatic carbocycles. The fourth-order valence-corrected chi connectivity index (χ4v) is 2.41. The van der Waals surface area contributed by atoms with Gasteiger partial charge in [0.2, 0.25) is 5.91 Å². The number of halogens is 6. The first-order valence-electron chi connectivity index (χ1n) is 8.15. The fraction of sp³-hybridized carbons (Fsp3) is 0.444. The number of benzene rings is 1. The Morgan fingerprint density at radius 3 is 2.07 bits per heavy atom. The number of methoxy groups -OCH3 is 1. The van der Waals surface area contributed by atoms with Gasteiger partial charge in [0.15, 0.2) is 0 Å². The molecule has 0 saturated heterocycles. The molecule has 0 aliphatic rings. The van der Waals surface area contributed by atoms with Crippen LogP contribution in [0.5, 0.6) is 0 Å². The summed E-state index contributed by atoms with van der Waals surface area (Å²) in [7, 11) is 1.09. The zero-order valence-electron chi connectivity index (χ0n) is 14.9. The largest absolute Gasteiger partial charge is 0.467 e. The summed E-state index contributed by atoms with van der Waals surface area (Å²) in [6, 6.07) is -0.141. The molecular formula is C18H19F6NO3. The second kappa shape index (κ2) is 9.61. The Balaban J connectivity index is 3.02. The normalized spacial score (nSPS) is 13.0. The zero-order valence-corrected chi connectivity index (χ0v) is 14.9. The van der Waals surface area contributed by atoms with Gasteiger partial charge in [-0.15, -0.1) is 6.58 Å². The highest BCUT2D eigenvalue weighted by Crippen LogP contribution is 2.36. The third-order valence-electron chi connectivity index (χ3n) is 3.73. The minimum absolute atomic E-state index is 0.0199. The van der Waals surface area contributed by atoms with E-state index in [2.05, 4.69) is 16.6 Å². The molecule has 28 heavy (non-hydrogen) atoms. The third-order valence-corrected chi connectivity index (χ3v) is 3.73. The van der Waals surface area contributed by atoms with E-state index in [0.29, 0.717) is 25.0 Å². The Morgan fingerprint density at radius 2 is 1.64 bits per heavy atom. The maximum atomic E-state index is 12.9. The maximum absolute atomic E-state index is 12.9. The average Bonchev–Trinajstić information content (AvgIpc) is 2.58. The molecule has 1 aromatic rings. The van der Waals surface area contributed by atoms with Gasteiger partial charge < -0.3 is 10.1 Å². The van der Waals surface area contributed by atoms with Crippen LogP contribution in [-0.2, 0) is 33.1 Å². The summed E-state index contributed by atoms with van der Waals surface area (Å²) in [6.45, 7) is 3.51. The van der Waals surface area contributed by atoms with Crippen molar-refractivity contribution >= 4 is 11.9 Å². The van der Waals surface area contributed by atoms with Crippen molar-refractivity contribution in [2.45, 2.75) is 44.1 Å². The van der Waals surface area contributed by atoms with Crippen molar-refractivity contribution in [2.24, 2.45) is 0 Å². The summed E-state index contributed by atoms with van der Waals surface area (Å²) in [5, 5.41) is 2.28. The van der Waals surface area contributed by atoms with Crippen molar-refractivity contribution in [1.82, 2.24) is 5.32 Å². The number of hydrogen-bond acceptors (Lipinski definition) is 3. The molecule has 1 atom stereocenters. The van der Waals surface area contributed by atoms with Gasteiger partial charge in [-0.2, -0.15) is 26.3 Å². The molecule has 10 heteroatoms. The second-order valence-electron chi connectivity index (χ2n) is 5.95. The van der Waals surface area contributed by atoms with Crippen LogP contribution in [-0.4, -0.2) is 25.0 Å². The number of amides is 1. The molecule has 0 heterocycles. The Labute approximate surface area is 157 Å². The van der Waals surface area contributed by atoms with Crippen LogP contribution in [0, 0.1) is 0 Å². The Hall–Kier alpha value is -2.52. The SMILES string of the molecule is C=CCCC[C@@H](NC(=O)Cc1cc(C(F)(F)F)cc(C(F)(F)F)c1)C(=O)OC. The van der Waals surface area contributed by atoms with Crippen LogP contribution in [0.1, 0.15) is 36.0 Å². The molecule has 0 spiro atoms. The van der Waals surface area contributed by atoms with Gasteiger partial charge in [0, 0.05) is 0 Å². The quantitative estimate of drug-likeness (QED) is 0.301. The molecule has 1 amide bonds. The van der Waals surface area contributed by atoms with E-state index in [9.17, 15) is 35.9 Å². The van der Waals surface area contributed by atoms with E-state index in [0.717, 1.165) is 7.11 Å². The summed E-state index contributed by atoms with van der Waals surface area (Å²) in [4.78, 5) is 23.8. The first-order valence-corrected chi connectivity index (χ1v) is 8.15. The highest BCUT2D eigenvalue weighted by molar-refractivity contribution is 5.85. The number of esters is 1. The van der Waals surface area contributed by atoms with Gasteiger partial charge >= 0.3 is 18.3 Å². The number of ether oxygens (including phenoxy) is 1. The summed E-state index contributed by atoms with van der Waals surface area (Å²) in [5.41, 5.74) is -3.50. The van der Waals surface area contributed by atoms with Crippen LogP contribution in [0.25, 0.3) is 0 Å². The van der Waals surface area contributed by atoms with Crippen LogP contribution < -0.4 is 5.32 Å². The predicted molar refractivity (Wildman–Crippen MR) is 88.1 cm³/mol. The van der Waals surface area contributed by atoms with Crippen molar-refractivity contribution in [3.05, 3.63) is 47.5 Å². The molecule has 0 radical (unpaired) electrons. The maximum Gasteiger partial charge on any atom is 0.416 e. The van der Waals surface area contributed by atoms with E-state index < -0.39 is 53.4 Å². The number of nitrogens with one attached hydrogen (secondary N) is 1. The van der Waals surface area contributed by atoms with Crippen LogP contribution in [0.4, 0.5) is 26.3 Å². The summed E-state index contributed by atoms with van der Waals surface area (Å²) < 4.78 is 81.8. The lowest BCUT2D eigenvalue weighted by molar-refractivity contribution is -0.145. The van der Waals surface area contributed by atoms with Crippen LogP contribution in [0.3, 0.4) is 0 Å². The highest BCUT2D eigenvalue weighted by Gasteiger charge is 2.37. The number of rotatable bonds is 8. The molecule has 1 rings (SSSR count). The monoisotopic (exact) mass is 411 g/mol. The van der Waals surface area contributed by atoms with Gasteiger partial charge in [0.1, 0.15) is 6.04 Å². The Morgan fingerprint density at radius 1 is 1.11 bits per heavy atom. The fourth-order valence-electron chi connectivity index (χ4n) is 2.41. The summed E-state index contributed by atoms with van der Waals surface area (Å²) in [6.07, 6.45) is -7.98. The number of allylic oxidation sites excluding steroid dienone is 1. The topological polar surface area (TPSA) is 55.4 Å². The Bertz CT molecular complexity index is 680. The van der Waals surface area contributed by atoms with E-state index in [1.54, 1.807) is 6.08 Å². The average molecular weight is 411 g/mol. The smallest absolute Gasteiger partial charge is 0.416 e. The van der Waals surface area contributed by atoms with Crippen LogP contribution in [0.15, 0.2) is 30.9 Å². The molecule has 1 aromatic carbocycles. The molecule has 0 bridgehead atoms. The number of hydrogen-bond donors (Lipinski definition) is 1. The van der Waals surface area contributed by atoms with Crippen molar-refractivity contribution in [3.63, 3.8) is 0 Å². The van der Waals surface area contributed by atoms with E-state index in [1.165, 1.54) is 0 Å². The van der Waals surface area contributed by atoms with Crippen molar-refractivity contribution < 1.29 is 40.7 Å². The lowest BCUT2D eigenvalue weighted by Crippen LogP contribution is -2.42. The molecule has 0 saturated carbocycles. The second-order valence-corrected chi connectivity index (χ2v) is 5.95. The van der Waals surface area contributed by atoms with Gasteiger partial charge in [-0.05, 0) is 43.0 Å². The van der Waals surface area contributed by atoms with Gasteiger partial charge in [-0.25, -0.2) is 4.79 Å². The molecule has 1 N–H and O–H groups in total. The van der Waals surface area contributed by atoms with Crippen LogP contribution >= 0.6 is 0 Å². The summed E-state index contributed by atoms with van der Waals surface area (Å²) >= 11 is 0. The van der Waals surface area contributed by atoms with Gasteiger partial charge in [-0.1, -0.05) is 6.08 Å². The minimum Gasteiger partial charge on any atom is -0.467 e. The zero-order chi connectivity index (χ0) is 21.5. The lowest BCUT2D eigenvalue weighted by Gasteiger charge is -2.17. The van der Waals surface area contributed by atoms with E-state index in [1.807, 2.05) is 0 Å². The summed E-state index contributed by atoms with van der Waals surface area (Å²) in [5.74, 6) is -1.67. The van der Waals surface area contributed by atoms with E-state index in [4.69, 9.17) is 0 Å². The van der Waals surface area contributed by atoms with Crippen LogP contribution in [0.2, 0.25) is 0 Å². The standard InChI is InChI=1S/C18H19F6NO3/c1-3-4-5-6-14(16(27)28-2)25-15(26)9-11-7-12(17(19,20)21)10-13(8-11)18(22,23)24/h3,7-8,10,14H,1,4-6,9H2,2H3,(H,25,26)/t14-/m1/s1. The van der Waals surface area contributed by atoms with Crippen molar-refractivity contribution in [1.29, 1.82) is 0 Å². The van der Waals surface area contributed by atoms with E-state index >= 15 is 0 Å². The van der Waals surface area contributed by atoms with Crippen molar-refractivity contribution in [2.75, 3.05) is 7.11 Å². The first-order chi connectivity index (χ1) is 12.9. The molecule has 0 fully saturated rings. The molecular weight excluding hydrogens is 392 g/mol. The minimum atomic E-state index is -5.01. The number of carbonyl (C=O) groups excluding carboxylic acids is 2. The van der Waals surface area contributed by atoms with Gasteiger partial charge in [0.05, 0.1) is 24.7 Å². The number of carbonyl (C=O) groups is 2.